The molecule has 0 aliphatic rings. The summed E-state index contributed by atoms with van der Waals surface area (Å²) in [6.07, 6.45) is 1.06. The molecule has 112 valence electrons. The zero-order chi connectivity index (χ0) is 15.1. The van der Waals surface area contributed by atoms with E-state index in [1.165, 1.54) is 0 Å². The van der Waals surface area contributed by atoms with Gasteiger partial charge in [-0.1, -0.05) is 0 Å². The number of carboxylic acids is 1. The van der Waals surface area contributed by atoms with E-state index in [2.05, 4.69) is 26.1 Å². The molecule has 0 aliphatic carbocycles. The second kappa shape index (κ2) is 8.15. The van der Waals surface area contributed by atoms with Gasteiger partial charge in [-0.2, -0.15) is 0 Å². The fourth-order valence-electron chi connectivity index (χ4n) is 1.76. The van der Waals surface area contributed by atoms with Gasteiger partial charge in [-0.3, -0.25) is 9.59 Å². The summed E-state index contributed by atoms with van der Waals surface area (Å²) in [4.78, 5) is 24.3. The van der Waals surface area contributed by atoms with Crippen LogP contribution in [0.3, 0.4) is 0 Å². The third-order valence-electron chi connectivity index (χ3n) is 2.73. The Morgan fingerprint density at radius 1 is 1.21 bits per heavy atom. The first-order valence-corrected chi connectivity index (χ1v) is 6.90. The molecule has 0 fully saturated rings. The number of hydrogen-bond acceptors (Lipinski definition) is 3. The number of rotatable bonds is 8. The molecule has 0 aliphatic heterocycles. The first-order valence-electron chi connectivity index (χ1n) is 6.90. The van der Waals surface area contributed by atoms with E-state index < -0.39 is 5.97 Å². The molecule has 19 heavy (non-hydrogen) atoms. The minimum absolute atomic E-state index is 0.00620. The quantitative estimate of drug-likeness (QED) is 0.707. The first kappa shape index (κ1) is 17.9. The summed E-state index contributed by atoms with van der Waals surface area (Å²) < 4.78 is 0. The Balaban J connectivity index is 4.15. The Morgan fingerprint density at radius 2 is 1.79 bits per heavy atom. The summed E-state index contributed by atoms with van der Waals surface area (Å²) >= 11 is 0. The summed E-state index contributed by atoms with van der Waals surface area (Å²) in [5.41, 5.74) is 0.00620. The van der Waals surface area contributed by atoms with Crippen LogP contribution in [0.2, 0.25) is 0 Å². The number of carbonyl (C=O) groups excluding carboxylic acids is 1. The Hall–Kier alpha value is -1.10. The summed E-state index contributed by atoms with van der Waals surface area (Å²) in [5.74, 6) is -0.734. The van der Waals surface area contributed by atoms with Crippen molar-refractivity contribution >= 4 is 11.9 Å². The molecule has 0 saturated heterocycles. The van der Waals surface area contributed by atoms with Crippen LogP contribution in [0.4, 0.5) is 0 Å². The van der Waals surface area contributed by atoms with Crippen molar-refractivity contribution in [2.24, 2.45) is 0 Å². The lowest BCUT2D eigenvalue weighted by Crippen LogP contribution is -2.42. The lowest BCUT2D eigenvalue weighted by molar-refractivity contribution is -0.138. The third-order valence-corrected chi connectivity index (χ3v) is 2.73. The predicted molar refractivity (Wildman–Crippen MR) is 76.1 cm³/mol. The van der Waals surface area contributed by atoms with Crippen LogP contribution in [0.5, 0.6) is 0 Å². The monoisotopic (exact) mass is 272 g/mol. The average Bonchev–Trinajstić information content (AvgIpc) is 2.21. The molecule has 0 heterocycles. The number of carboxylic acid groups (broad SMARTS) is 1. The highest BCUT2D eigenvalue weighted by molar-refractivity contribution is 5.76. The van der Waals surface area contributed by atoms with Crippen LogP contribution in [0.1, 0.15) is 53.9 Å². The van der Waals surface area contributed by atoms with E-state index in [-0.39, 0.29) is 23.9 Å². The summed E-state index contributed by atoms with van der Waals surface area (Å²) in [6, 6.07) is 0.107. The molecule has 5 heteroatoms. The highest BCUT2D eigenvalue weighted by Crippen LogP contribution is 2.05. The lowest BCUT2D eigenvalue weighted by Gasteiger charge is -2.28. The van der Waals surface area contributed by atoms with E-state index in [0.29, 0.717) is 25.9 Å². The zero-order valence-electron chi connectivity index (χ0n) is 12.8. The SMILES string of the molecule is CC(C)N(CCCC(=O)O)C(=O)CCNC(C)(C)C. The van der Waals surface area contributed by atoms with Gasteiger partial charge in [-0.05, 0) is 41.0 Å². The van der Waals surface area contributed by atoms with Crippen molar-refractivity contribution in [2.75, 3.05) is 13.1 Å². The van der Waals surface area contributed by atoms with Gasteiger partial charge in [0.25, 0.3) is 0 Å². The number of carbonyl (C=O) groups is 2. The molecule has 0 saturated carbocycles. The van der Waals surface area contributed by atoms with Crippen LogP contribution in [0.25, 0.3) is 0 Å². The molecular formula is C14H28N2O3. The maximum Gasteiger partial charge on any atom is 0.303 e. The normalized spacial score (nSPS) is 11.7. The maximum absolute atomic E-state index is 12.1. The Morgan fingerprint density at radius 3 is 2.21 bits per heavy atom. The molecule has 0 unspecified atom stereocenters. The number of nitrogens with one attached hydrogen (secondary N) is 1. The largest absolute Gasteiger partial charge is 0.481 e. The van der Waals surface area contributed by atoms with Crippen molar-refractivity contribution < 1.29 is 14.7 Å². The molecule has 1 amide bonds. The highest BCUT2D eigenvalue weighted by atomic mass is 16.4. The standard InChI is InChI=1S/C14H28N2O3/c1-11(2)16(10-6-7-13(18)19)12(17)8-9-15-14(3,4)5/h11,15H,6-10H2,1-5H3,(H,18,19). The predicted octanol–water partition coefficient (Wildman–Crippen LogP) is 1.87. The molecule has 0 atom stereocenters. The van der Waals surface area contributed by atoms with E-state index in [4.69, 9.17) is 5.11 Å². The molecule has 0 aromatic carbocycles. The number of nitrogens with zero attached hydrogens (tertiary/aromatic N) is 1. The number of amides is 1. The molecule has 0 aromatic heterocycles. The van der Waals surface area contributed by atoms with Gasteiger partial charge >= 0.3 is 5.97 Å². The van der Waals surface area contributed by atoms with Gasteiger partial charge in [-0.15, -0.1) is 0 Å². The topological polar surface area (TPSA) is 69.6 Å². The van der Waals surface area contributed by atoms with E-state index in [9.17, 15) is 9.59 Å². The number of aliphatic carboxylic acids is 1. The van der Waals surface area contributed by atoms with Gasteiger partial charge in [0, 0.05) is 37.5 Å². The molecule has 0 spiro atoms. The molecule has 5 nitrogen and oxygen atoms in total. The lowest BCUT2D eigenvalue weighted by atomic mass is 10.1. The van der Waals surface area contributed by atoms with Crippen molar-refractivity contribution in [3.63, 3.8) is 0 Å². The Labute approximate surface area is 116 Å². The van der Waals surface area contributed by atoms with E-state index in [1.807, 2.05) is 13.8 Å². The van der Waals surface area contributed by atoms with Crippen LogP contribution in [-0.4, -0.2) is 46.6 Å². The zero-order valence-corrected chi connectivity index (χ0v) is 12.8. The highest BCUT2D eigenvalue weighted by Gasteiger charge is 2.17. The van der Waals surface area contributed by atoms with Crippen molar-refractivity contribution in [1.29, 1.82) is 0 Å². The van der Waals surface area contributed by atoms with Gasteiger partial charge in [0.2, 0.25) is 5.91 Å². The van der Waals surface area contributed by atoms with Crippen LogP contribution in [-0.2, 0) is 9.59 Å². The van der Waals surface area contributed by atoms with E-state index in [1.54, 1.807) is 4.90 Å². The Bertz CT molecular complexity index is 296. The molecular weight excluding hydrogens is 244 g/mol. The van der Waals surface area contributed by atoms with Crippen molar-refractivity contribution in [3.8, 4) is 0 Å². The van der Waals surface area contributed by atoms with Crippen LogP contribution < -0.4 is 5.32 Å². The van der Waals surface area contributed by atoms with Gasteiger partial charge < -0.3 is 15.3 Å². The summed E-state index contributed by atoms with van der Waals surface area (Å²) in [6.45, 7) is 11.2. The third kappa shape index (κ3) is 9.47. The second-order valence-electron chi connectivity index (χ2n) is 6.10. The van der Waals surface area contributed by atoms with E-state index >= 15 is 0 Å². The average molecular weight is 272 g/mol. The van der Waals surface area contributed by atoms with Gasteiger partial charge in [-0.25, -0.2) is 0 Å². The fraction of sp³-hybridized carbons (Fsp3) is 0.857. The molecule has 0 aromatic rings. The first-order chi connectivity index (χ1) is 8.63. The molecule has 0 rings (SSSR count). The molecule has 2 N–H and O–H groups in total. The summed E-state index contributed by atoms with van der Waals surface area (Å²) in [7, 11) is 0. The van der Waals surface area contributed by atoms with Gasteiger partial charge in [0.1, 0.15) is 0 Å². The maximum atomic E-state index is 12.1. The van der Waals surface area contributed by atoms with E-state index in [0.717, 1.165) is 0 Å². The minimum Gasteiger partial charge on any atom is -0.481 e. The molecule has 0 radical (unpaired) electrons. The van der Waals surface area contributed by atoms with Crippen LogP contribution in [0.15, 0.2) is 0 Å². The van der Waals surface area contributed by atoms with Gasteiger partial charge in [0.05, 0.1) is 0 Å². The van der Waals surface area contributed by atoms with Crippen molar-refractivity contribution in [3.05, 3.63) is 0 Å². The van der Waals surface area contributed by atoms with Crippen LogP contribution >= 0.6 is 0 Å². The van der Waals surface area contributed by atoms with Crippen molar-refractivity contribution in [2.45, 2.75) is 65.5 Å². The summed E-state index contributed by atoms with van der Waals surface area (Å²) in [5, 5.41) is 11.9. The Kier molecular flexibility index (Phi) is 7.68. The van der Waals surface area contributed by atoms with Crippen molar-refractivity contribution in [1.82, 2.24) is 10.2 Å². The van der Waals surface area contributed by atoms with Crippen LogP contribution in [0, 0.1) is 0 Å². The minimum atomic E-state index is -0.814. The number of hydrogen-bond donors (Lipinski definition) is 2. The van der Waals surface area contributed by atoms with Gasteiger partial charge in [0.15, 0.2) is 0 Å². The fourth-order valence-corrected chi connectivity index (χ4v) is 1.76. The smallest absolute Gasteiger partial charge is 0.303 e. The second-order valence-corrected chi connectivity index (χ2v) is 6.10. The molecule has 0 bridgehead atoms.